The first-order valence-electron chi connectivity index (χ1n) is 10.5. The summed E-state index contributed by atoms with van der Waals surface area (Å²) in [6.45, 7) is 6.98. The van der Waals surface area contributed by atoms with E-state index in [9.17, 15) is 9.59 Å². The number of nitrogens with zero attached hydrogens (tertiary/aromatic N) is 1. The number of esters is 1. The normalized spacial score (nSPS) is 9.25. The molecule has 0 unspecified atom stereocenters. The Labute approximate surface area is 189 Å². The zero-order chi connectivity index (χ0) is 23.6. The Morgan fingerprint density at radius 3 is 2.09 bits per heavy atom. The molecule has 7 nitrogen and oxygen atoms in total. The smallest absolute Gasteiger partial charge is 0.417 e. The molecule has 3 aromatic rings. The number of benzene rings is 2. The Balaban J connectivity index is 0.000000388. The van der Waals surface area contributed by atoms with E-state index in [1.165, 1.54) is 5.56 Å². The van der Waals surface area contributed by atoms with Crippen LogP contribution in [0.5, 0.6) is 5.75 Å². The van der Waals surface area contributed by atoms with Gasteiger partial charge < -0.3 is 14.8 Å². The molecule has 0 bridgehead atoms. The molecule has 3 rings (SSSR count). The first kappa shape index (κ1) is 26.3. The van der Waals surface area contributed by atoms with E-state index in [1.807, 2.05) is 39.1 Å². The molecule has 0 aliphatic heterocycles. The van der Waals surface area contributed by atoms with E-state index in [0.29, 0.717) is 23.6 Å². The van der Waals surface area contributed by atoms with E-state index < -0.39 is 12.1 Å². The lowest BCUT2D eigenvalue weighted by atomic mass is 10.2. The summed E-state index contributed by atoms with van der Waals surface area (Å²) in [4.78, 5) is 27.1. The summed E-state index contributed by atoms with van der Waals surface area (Å²) < 4.78 is 9.97. The summed E-state index contributed by atoms with van der Waals surface area (Å²) in [6.07, 6.45) is 3.00. The molecule has 1 amide bonds. The van der Waals surface area contributed by atoms with E-state index >= 15 is 0 Å². The standard InChI is InChI=1S/C16H15NO4.C7H10N2.C2H6/c1-2-20-15(18)12-8-10-13(11-9-12)17-16(19)21-14-6-4-3-5-7-14;1-8-6-7-2-4-9-5-3-7;1-2/h3-11H,2H2,1H3,(H,17,19);2-5,8H,6H2,1H3;1-2H3. The molecular weight excluding hydrogens is 406 g/mol. The zero-order valence-corrected chi connectivity index (χ0v) is 19.0. The highest BCUT2D eigenvalue weighted by Crippen LogP contribution is 2.13. The van der Waals surface area contributed by atoms with Gasteiger partial charge in [0.15, 0.2) is 0 Å². The van der Waals surface area contributed by atoms with E-state index in [1.54, 1.807) is 67.8 Å². The van der Waals surface area contributed by atoms with Crippen LogP contribution in [0.3, 0.4) is 0 Å². The molecule has 0 aliphatic rings. The van der Waals surface area contributed by atoms with Crippen LogP contribution in [0.25, 0.3) is 0 Å². The summed E-state index contributed by atoms with van der Waals surface area (Å²) >= 11 is 0. The van der Waals surface area contributed by atoms with Crippen LogP contribution in [0.1, 0.15) is 36.7 Å². The quantitative estimate of drug-likeness (QED) is 0.509. The van der Waals surface area contributed by atoms with Gasteiger partial charge in [0.1, 0.15) is 5.75 Å². The van der Waals surface area contributed by atoms with Crippen molar-refractivity contribution in [2.75, 3.05) is 19.0 Å². The zero-order valence-electron chi connectivity index (χ0n) is 19.0. The number of rotatable bonds is 6. The molecule has 0 fully saturated rings. The Hall–Kier alpha value is -3.71. The number of amides is 1. The van der Waals surface area contributed by atoms with E-state index in [0.717, 1.165) is 6.54 Å². The Bertz CT molecular complexity index is 901. The maximum atomic E-state index is 11.7. The minimum Gasteiger partial charge on any atom is -0.462 e. The number of para-hydroxylation sites is 1. The average molecular weight is 438 g/mol. The lowest BCUT2D eigenvalue weighted by molar-refractivity contribution is 0.0526. The summed E-state index contributed by atoms with van der Waals surface area (Å²) in [5.74, 6) is 0.0639. The number of hydrogen-bond acceptors (Lipinski definition) is 6. The molecule has 0 saturated carbocycles. The minimum absolute atomic E-state index is 0.322. The SMILES string of the molecule is CC.CCOC(=O)c1ccc(NC(=O)Oc2ccccc2)cc1.CNCc1ccncc1. The van der Waals surface area contributed by atoms with Crippen LogP contribution < -0.4 is 15.4 Å². The summed E-state index contributed by atoms with van der Waals surface area (Å²) in [6, 6.07) is 19.1. The summed E-state index contributed by atoms with van der Waals surface area (Å²) in [5, 5.41) is 5.63. The predicted molar refractivity (Wildman–Crippen MR) is 127 cm³/mol. The first-order chi connectivity index (χ1) is 15.6. The van der Waals surface area contributed by atoms with Gasteiger partial charge in [-0.1, -0.05) is 32.0 Å². The van der Waals surface area contributed by atoms with Gasteiger partial charge in [0.25, 0.3) is 0 Å². The van der Waals surface area contributed by atoms with Gasteiger partial charge in [0, 0.05) is 24.6 Å². The minimum atomic E-state index is -0.593. The van der Waals surface area contributed by atoms with Crippen molar-refractivity contribution in [1.29, 1.82) is 0 Å². The number of aromatic nitrogens is 1. The number of hydrogen-bond donors (Lipinski definition) is 2. The van der Waals surface area contributed by atoms with Crippen molar-refractivity contribution in [2.24, 2.45) is 0 Å². The third-order valence-electron chi connectivity index (χ3n) is 3.73. The van der Waals surface area contributed by atoms with Crippen LogP contribution in [0.4, 0.5) is 10.5 Å². The Morgan fingerprint density at radius 1 is 0.906 bits per heavy atom. The second kappa shape index (κ2) is 16.0. The second-order valence-corrected chi connectivity index (χ2v) is 6.01. The van der Waals surface area contributed by atoms with E-state index in [2.05, 4.69) is 15.6 Å². The van der Waals surface area contributed by atoms with Gasteiger partial charge in [0.05, 0.1) is 12.2 Å². The lowest BCUT2D eigenvalue weighted by Gasteiger charge is -2.07. The van der Waals surface area contributed by atoms with Crippen LogP contribution in [0.15, 0.2) is 79.1 Å². The topological polar surface area (TPSA) is 89.5 Å². The maximum Gasteiger partial charge on any atom is 0.417 e. The predicted octanol–water partition coefficient (Wildman–Crippen LogP) is 5.30. The van der Waals surface area contributed by atoms with Crippen molar-refractivity contribution >= 4 is 17.7 Å². The van der Waals surface area contributed by atoms with Crippen molar-refractivity contribution in [3.05, 3.63) is 90.3 Å². The van der Waals surface area contributed by atoms with E-state index in [4.69, 9.17) is 9.47 Å². The number of pyridine rings is 1. The van der Waals surface area contributed by atoms with Gasteiger partial charge in [-0.25, -0.2) is 9.59 Å². The fourth-order valence-electron chi connectivity index (χ4n) is 2.35. The molecule has 1 aromatic heterocycles. The number of ether oxygens (including phenoxy) is 2. The molecule has 2 aromatic carbocycles. The fraction of sp³-hybridized carbons (Fsp3) is 0.240. The summed E-state index contributed by atoms with van der Waals surface area (Å²) in [5.41, 5.74) is 2.23. The van der Waals surface area contributed by atoms with Crippen molar-refractivity contribution in [2.45, 2.75) is 27.3 Å². The molecular formula is C25H31N3O4. The molecule has 0 saturated heterocycles. The molecule has 0 aliphatic carbocycles. The van der Waals surface area contributed by atoms with Crippen LogP contribution in [0, 0.1) is 0 Å². The highest BCUT2D eigenvalue weighted by Gasteiger charge is 2.08. The van der Waals surface area contributed by atoms with Gasteiger partial charge in [-0.15, -0.1) is 0 Å². The highest BCUT2D eigenvalue weighted by molar-refractivity contribution is 5.91. The maximum absolute atomic E-state index is 11.7. The van der Waals surface area contributed by atoms with Crippen molar-refractivity contribution < 1.29 is 19.1 Å². The fourth-order valence-corrected chi connectivity index (χ4v) is 2.35. The van der Waals surface area contributed by atoms with Crippen LogP contribution >= 0.6 is 0 Å². The molecule has 32 heavy (non-hydrogen) atoms. The number of anilines is 1. The van der Waals surface area contributed by atoms with E-state index in [-0.39, 0.29) is 0 Å². The van der Waals surface area contributed by atoms with Gasteiger partial charge in [-0.05, 0) is 68.1 Å². The van der Waals surface area contributed by atoms with Crippen molar-refractivity contribution in [1.82, 2.24) is 10.3 Å². The summed E-state index contributed by atoms with van der Waals surface area (Å²) in [7, 11) is 1.93. The molecule has 2 N–H and O–H groups in total. The largest absolute Gasteiger partial charge is 0.462 e. The van der Waals surface area contributed by atoms with Gasteiger partial charge >= 0.3 is 12.1 Å². The molecule has 0 spiro atoms. The lowest BCUT2D eigenvalue weighted by Crippen LogP contribution is -2.16. The van der Waals surface area contributed by atoms with Crippen molar-refractivity contribution in [3.8, 4) is 5.75 Å². The molecule has 0 atom stereocenters. The van der Waals surface area contributed by atoms with Crippen LogP contribution in [-0.4, -0.2) is 30.7 Å². The van der Waals surface area contributed by atoms with Crippen LogP contribution in [0.2, 0.25) is 0 Å². The Kier molecular flexibility index (Phi) is 13.2. The monoisotopic (exact) mass is 437 g/mol. The molecule has 1 heterocycles. The Morgan fingerprint density at radius 2 is 1.53 bits per heavy atom. The van der Waals surface area contributed by atoms with Crippen LogP contribution in [-0.2, 0) is 11.3 Å². The van der Waals surface area contributed by atoms with Gasteiger partial charge in [-0.2, -0.15) is 0 Å². The molecule has 0 radical (unpaired) electrons. The number of carbonyl (C=O) groups is 2. The van der Waals surface area contributed by atoms with Gasteiger partial charge in [-0.3, -0.25) is 10.3 Å². The molecule has 170 valence electrons. The highest BCUT2D eigenvalue weighted by atomic mass is 16.6. The number of nitrogens with one attached hydrogen (secondary N) is 2. The second-order valence-electron chi connectivity index (χ2n) is 6.01. The number of carbonyl (C=O) groups excluding carboxylic acids is 2. The first-order valence-corrected chi connectivity index (χ1v) is 10.5. The van der Waals surface area contributed by atoms with Crippen molar-refractivity contribution in [3.63, 3.8) is 0 Å². The average Bonchev–Trinajstić information content (AvgIpc) is 2.83. The third kappa shape index (κ3) is 10.4. The van der Waals surface area contributed by atoms with Gasteiger partial charge in [0.2, 0.25) is 0 Å². The molecule has 7 heteroatoms. The third-order valence-corrected chi connectivity index (χ3v) is 3.73.